The van der Waals surface area contributed by atoms with E-state index in [0.29, 0.717) is 19.4 Å². The van der Waals surface area contributed by atoms with E-state index in [4.69, 9.17) is 4.74 Å². The summed E-state index contributed by atoms with van der Waals surface area (Å²) in [5, 5.41) is 4.19. The third-order valence-corrected chi connectivity index (χ3v) is 4.25. The fourth-order valence-corrected chi connectivity index (χ4v) is 2.83. The summed E-state index contributed by atoms with van der Waals surface area (Å²) in [6, 6.07) is -1.15. The van der Waals surface area contributed by atoms with Crippen molar-refractivity contribution in [2.24, 2.45) is 11.8 Å². The van der Waals surface area contributed by atoms with Crippen molar-refractivity contribution in [1.29, 1.82) is 0 Å². The lowest BCUT2D eigenvalue weighted by Gasteiger charge is -2.34. The molecule has 132 valence electrons. The van der Waals surface area contributed by atoms with Crippen LogP contribution >= 0.6 is 0 Å². The summed E-state index contributed by atoms with van der Waals surface area (Å²) >= 11 is 0. The van der Waals surface area contributed by atoms with Crippen molar-refractivity contribution >= 4 is 17.8 Å². The minimum Gasteiger partial charge on any atom is -0.468 e. The number of esters is 1. The van der Waals surface area contributed by atoms with E-state index in [1.54, 1.807) is 6.92 Å². The molecule has 0 radical (unpaired) electrons. The number of hydrazine groups is 1. The molecule has 0 saturated carbocycles. The molecule has 23 heavy (non-hydrogen) atoms. The third-order valence-electron chi connectivity index (χ3n) is 4.25. The molecule has 2 N–H and O–H groups in total. The minimum absolute atomic E-state index is 0.107. The number of hydrogen-bond acceptors (Lipinski definition) is 5. The van der Waals surface area contributed by atoms with Gasteiger partial charge in [-0.1, -0.05) is 20.8 Å². The standard InChI is InChI=1S/C16H29N3O4/c1-6-12(10(2)3)14(20)17-11(4)15(21)19-9-7-8-13(18-19)16(22)23-5/h10-13,18H,6-9H2,1-5H3,(H,17,20). The summed E-state index contributed by atoms with van der Waals surface area (Å²) in [4.78, 5) is 36.3. The molecule has 7 heteroatoms. The highest BCUT2D eigenvalue weighted by Crippen LogP contribution is 2.15. The highest BCUT2D eigenvalue weighted by molar-refractivity contribution is 5.88. The first-order valence-corrected chi connectivity index (χ1v) is 8.27. The Labute approximate surface area is 138 Å². The van der Waals surface area contributed by atoms with E-state index < -0.39 is 12.1 Å². The maximum atomic E-state index is 12.5. The molecule has 0 bridgehead atoms. The lowest BCUT2D eigenvalue weighted by atomic mass is 9.92. The van der Waals surface area contributed by atoms with Gasteiger partial charge in [0.25, 0.3) is 5.91 Å². The van der Waals surface area contributed by atoms with Gasteiger partial charge in [0.2, 0.25) is 5.91 Å². The van der Waals surface area contributed by atoms with E-state index in [-0.39, 0.29) is 29.6 Å². The second kappa shape index (κ2) is 8.86. The molecule has 0 aliphatic carbocycles. The first kappa shape index (κ1) is 19.4. The smallest absolute Gasteiger partial charge is 0.324 e. The molecule has 1 saturated heterocycles. The van der Waals surface area contributed by atoms with Gasteiger partial charge in [-0.05, 0) is 32.1 Å². The molecule has 2 amide bonds. The van der Waals surface area contributed by atoms with Crippen molar-refractivity contribution in [2.75, 3.05) is 13.7 Å². The van der Waals surface area contributed by atoms with Crippen LogP contribution < -0.4 is 10.7 Å². The third kappa shape index (κ3) is 5.20. The van der Waals surface area contributed by atoms with Crippen LogP contribution in [0.1, 0.15) is 47.0 Å². The molecule has 3 atom stereocenters. The van der Waals surface area contributed by atoms with Crippen molar-refractivity contribution in [2.45, 2.75) is 59.0 Å². The molecule has 3 unspecified atom stereocenters. The summed E-state index contributed by atoms with van der Waals surface area (Å²) < 4.78 is 4.71. The van der Waals surface area contributed by atoms with Crippen LogP contribution in [0.25, 0.3) is 0 Å². The van der Waals surface area contributed by atoms with Crippen molar-refractivity contribution < 1.29 is 19.1 Å². The highest BCUT2D eigenvalue weighted by atomic mass is 16.5. The Bertz CT molecular complexity index is 439. The minimum atomic E-state index is -0.640. The Morgan fingerprint density at radius 2 is 1.96 bits per heavy atom. The zero-order valence-corrected chi connectivity index (χ0v) is 14.7. The molecular weight excluding hydrogens is 298 g/mol. The summed E-state index contributed by atoms with van der Waals surface area (Å²) in [6.45, 7) is 8.12. The van der Waals surface area contributed by atoms with Crippen molar-refractivity contribution in [3.8, 4) is 0 Å². The average Bonchev–Trinajstić information content (AvgIpc) is 2.53. The molecule has 1 aliphatic rings. The van der Waals surface area contributed by atoms with Gasteiger partial charge in [0.15, 0.2) is 0 Å². The van der Waals surface area contributed by atoms with Crippen LogP contribution in [0, 0.1) is 11.8 Å². The second-order valence-electron chi connectivity index (χ2n) is 6.33. The first-order chi connectivity index (χ1) is 10.8. The van der Waals surface area contributed by atoms with E-state index in [9.17, 15) is 14.4 Å². The van der Waals surface area contributed by atoms with E-state index in [0.717, 1.165) is 6.42 Å². The molecule has 1 fully saturated rings. The Morgan fingerprint density at radius 3 is 2.48 bits per heavy atom. The van der Waals surface area contributed by atoms with Crippen molar-refractivity contribution in [1.82, 2.24) is 15.8 Å². The SMILES string of the molecule is CCC(C(=O)NC(C)C(=O)N1CCCC(C(=O)OC)N1)C(C)C. The number of methoxy groups -OCH3 is 1. The molecule has 1 heterocycles. The maximum Gasteiger partial charge on any atom is 0.324 e. The number of nitrogens with zero attached hydrogens (tertiary/aromatic N) is 1. The van der Waals surface area contributed by atoms with Gasteiger partial charge in [-0.25, -0.2) is 5.43 Å². The van der Waals surface area contributed by atoms with Gasteiger partial charge in [0.05, 0.1) is 7.11 Å². The van der Waals surface area contributed by atoms with Crippen LogP contribution in [0.5, 0.6) is 0 Å². The number of carbonyl (C=O) groups is 3. The second-order valence-corrected chi connectivity index (χ2v) is 6.33. The summed E-state index contributed by atoms with van der Waals surface area (Å²) in [6.07, 6.45) is 2.07. The molecule has 7 nitrogen and oxygen atoms in total. The molecule has 1 aliphatic heterocycles. The van der Waals surface area contributed by atoms with Gasteiger partial charge in [-0.15, -0.1) is 0 Å². The van der Waals surface area contributed by atoms with E-state index in [1.807, 2.05) is 20.8 Å². The highest BCUT2D eigenvalue weighted by Gasteiger charge is 2.32. The lowest BCUT2D eigenvalue weighted by Crippen LogP contribution is -2.59. The van der Waals surface area contributed by atoms with Crippen molar-refractivity contribution in [3.63, 3.8) is 0 Å². The largest absolute Gasteiger partial charge is 0.468 e. The van der Waals surface area contributed by atoms with Crippen molar-refractivity contribution in [3.05, 3.63) is 0 Å². The van der Waals surface area contributed by atoms with Gasteiger partial charge in [0.1, 0.15) is 12.1 Å². The zero-order chi connectivity index (χ0) is 17.6. The van der Waals surface area contributed by atoms with Crippen LogP contribution in [-0.4, -0.2) is 48.5 Å². The van der Waals surface area contributed by atoms with Crippen LogP contribution in [0.15, 0.2) is 0 Å². The zero-order valence-electron chi connectivity index (χ0n) is 14.7. The van der Waals surface area contributed by atoms with Gasteiger partial charge >= 0.3 is 5.97 Å². The van der Waals surface area contributed by atoms with E-state index >= 15 is 0 Å². The van der Waals surface area contributed by atoms with Crippen LogP contribution in [0.4, 0.5) is 0 Å². The first-order valence-electron chi connectivity index (χ1n) is 8.27. The van der Waals surface area contributed by atoms with E-state index in [1.165, 1.54) is 12.1 Å². The average molecular weight is 327 g/mol. The number of nitrogens with one attached hydrogen (secondary N) is 2. The topological polar surface area (TPSA) is 87.7 Å². The Morgan fingerprint density at radius 1 is 1.30 bits per heavy atom. The fraction of sp³-hybridized carbons (Fsp3) is 0.812. The summed E-state index contributed by atoms with van der Waals surface area (Å²) in [5.41, 5.74) is 2.88. The Kier molecular flexibility index (Phi) is 7.48. The lowest BCUT2D eigenvalue weighted by molar-refractivity contribution is -0.151. The van der Waals surface area contributed by atoms with E-state index in [2.05, 4.69) is 10.7 Å². The monoisotopic (exact) mass is 327 g/mol. The van der Waals surface area contributed by atoms with Crippen LogP contribution in [-0.2, 0) is 19.1 Å². The van der Waals surface area contributed by atoms with Gasteiger partial charge in [-0.2, -0.15) is 0 Å². The number of amides is 2. The Balaban J connectivity index is 2.62. The summed E-state index contributed by atoms with van der Waals surface area (Å²) in [7, 11) is 1.32. The quantitative estimate of drug-likeness (QED) is 0.706. The fourth-order valence-electron chi connectivity index (χ4n) is 2.83. The van der Waals surface area contributed by atoms with Crippen LogP contribution in [0.3, 0.4) is 0 Å². The molecular formula is C16H29N3O4. The van der Waals surface area contributed by atoms with Gasteiger partial charge < -0.3 is 10.1 Å². The molecule has 0 spiro atoms. The number of rotatable bonds is 6. The van der Waals surface area contributed by atoms with Gasteiger partial charge in [0, 0.05) is 12.5 Å². The Hall–Kier alpha value is -1.63. The van der Waals surface area contributed by atoms with Crippen LogP contribution in [0.2, 0.25) is 0 Å². The molecule has 0 aromatic heterocycles. The maximum absolute atomic E-state index is 12.5. The molecule has 1 rings (SSSR count). The normalized spacial score (nSPS) is 20.8. The predicted molar refractivity (Wildman–Crippen MR) is 86.1 cm³/mol. The number of hydrogen-bond donors (Lipinski definition) is 2. The molecule has 0 aromatic rings. The molecule has 0 aromatic carbocycles. The summed E-state index contributed by atoms with van der Waals surface area (Å²) in [5.74, 6) is -0.623. The number of carbonyl (C=O) groups excluding carboxylic acids is 3. The predicted octanol–water partition coefficient (Wildman–Crippen LogP) is 0.842. The van der Waals surface area contributed by atoms with Gasteiger partial charge in [-0.3, -0.25) is 19.4 Å². The number of ether oxygens (including phenoxy) is 1.